The van der Waals surface area contributed by atoms with Gasteiger partial charge >= 0.3 is 0 Å². The molecule has 7 heteroatoms. The van der Waals surface area contributed by atoms with Crippen molar-refractivity contribution in [3.8, 4) is 28.4 Å². The van der Waals surface area contributed by atoms with Crippen molar-refractivity contribution in [2.24, 2.45) is 0 Å². The van der Waals surface area contributed by atoms with Crippen molar-refractivity contribution in [3.63, 3.8) is 0 Å². The van der Waals surface area contributed by atoms with E-state index >= 15 is 0 Å². The summed E-state index contributed by atoms with van der Waals surface area (Å²) in [5.41, 5.74) is 3.17. The molecule has 0 unspecified atom stereocenters. The normalized spacial score (nSPS) is 10.5. The first-order valence-corrected chi connectivity index (χ1v) is 9.28. The molecule has 2 heterocycles. The summed E-state index contributed by atoms with van der Waals surface area (Å²) in [5, 5.41) is 7.56. The molecule has 0 spiro atoms. The van der Waals surface area contributed by atoms with E-state index in [4.69, 9.17) is 9.47 Å². The quantitative estimate of drug-likeness (QED) is 0.525. The smallest absolute Gasteiger partial charge is 0.259 e. The van der Waals surface area contributed by atoms with Gasteiger partial charge in [0, 0.05) is 35.9 Å². The molecule has 4 rings (SSSR count). The Labute approximate surface area is 173 Å². The van der Waals surface area contributed by atoms with E-state index < -0.39 is 0 Å². The summed E-state index contributed by atoms with van der Waals surface area (Å²) >= 11 is 0. The Kier molecular flexibility index (Phi) is 5.43. The van der Waals surface area contributed by atoms with Gasteiger partial charge in [0.15, 0.2) is 11.5 Å². The Morgan fingerprint density at radius 3 is 2.47 bits per heavy atom. The minimum absolute atomic E-state index is 0.289. The van der Waals surface area contributed by atoms with Crippen LogP contribution in [0.1, 0.15) is 10.4 Å². The van der Waals surface area contributed by atoms with Gasteiger partial charge in [0.25, 0.3) is 5.91 Å². The molecular formula is C23H20N4O3. The molecule has 2 aromatic heterocycles. The van der Waals surface area contributed by atoms with Crippen LogP contribution in [0.3, 0.4) is 0 Å². The van der Waals surface area contributed by atoms with Gasteiger partial charge in [0.2, 0.25) is 0 Å². The van der Waals surface area contributed by atoms with Crippen molar-refractivity contribution in [1.29, 1.82) is 0 Å². The molecule has 0 atom stereocenters. The van der Waals surface area contributed by atoms with E-state index in [0.29, 0.717) is 28.4 Å². The van der Waals surface area contributed by atoms with Crippen molar-refractivity contribution in [3.05, 3.63) is 84.8 Å². The number of ether oxygens (including phenoxy) is 2. The monoisotopic (exact) mass is 400 g/mol. The summed E-state index contributed by atoms with van der Waals surface area (Å²) in [5.74, 6) is 0.828. The first-order valence-electron chi connectivity index (χ1n) is 9.28. The number of hydrogen-bond donors (Lipinski definition) is 1. The van der Waals surface area contributed by atoms with Gasteiger partial charge in [-0.15, -0.1) is 0 Å². The lowest BCUT2D eigenvalue weighted by Crippen LogP contribution is -2.12. The highest BCUT2D eigenvalue weighted by Crippen LogP contribution is 2.30. The zero-order valence-corrected chi connectivity index (χ0v) is 16.6. The molecule has 0 aliphatic carbocycles. The number of rotatable bonds is 6. The van der Waals surface area contributed by atoms with E-state index in [2.05, 4.69) is 15.4 Å². The lowest BCUT2D eigenvalue weighted by molar-refractivity contribution is 0.102. The number of carbonyl (C=O) groups excluding carboxylic acids is 1. The Morgan fingerprint density at radius 1 is 0.967 bits per heavy atom. The molecule has 7 nitrogen and oxygen atoms in total. The SMILES string of the molecule is COc1ccc(NC(=O)c2cn(-c3ccccc3)nc2-c2cccnc2)cc1OC. The standard InChI is InChI=1S/C23H20N4O3/c1-29-20-11-10-17(13-21(20)30-2)25-23(28)19-15-27(18-8-4-3-5-9-18)26-22(19)16-7-6-12-24-14-16/h3-15H,1-2H3,(H,25,28). The highest BCUT2D eigenvalue weighted by Gasteiger charge is 2.19. The molecule has 30 heavy (non-hydrogen) atoms. The Morgan fingerprint density at radius 2 is 1.77 bits per heavy atom. The second-order valence-electron chi connectivity index (χ2n) is 6.44. The topological polar surface area (TPSA) is 78.3 Å². The van der Waals surface area contributed by atoms with Crippen LogP contribution in [0.4, 0.5) is 5.69 Å². The van der Waals surface area contributed by atoms with Crippen LogP contribution in [0.5, 0.6) is 11.5 Å². The second kappa shape index (κ2) is 8.48. The van der Waals surface area contributed by atoms with E-state index in [1.165, 1.54) is 0 Å². The zero-order chi connectivity index (χ0) is 20.9. The molecule has 2 aromatic carbocycles. The lowest BCUT2D eigenvalue weighted by Gasteiger charge is -2.10. The number of anilines is 1. The van der Waals surface area contributed by atoms with Crippen molar-refractivity contribution in [1.82, 2.24) is 14.8 Å². The lowest BCUT2D eigenvalue weighted by atomic mass is 10.1. The van der Waals surface area contributed by atoms with Gasteiger partial charge in [-0.05, 0) is 36.4 Å². The minimum atomic E-state index is -0.289. The number of para-hydroxylation sites is 1. The Hall–Kier alpha value is -4.13. The Bertz CT molecular complexity index is 1160. The summed E-state index contributed by atoms with van der Waals surface area (Å²) in [4.78, 5) is 17.3. The van der Waals surface area contributed by atoms with Crippen molar-refractivity contribution in [2.45, 2.75) is 0 Å². The van der Waals surface area contributed by atoms with Crippen LogP contribution in [0.15, 0.2) is 79.3 Å². The number of methoxy groups -OCH3 is 2. The molecule has 150 valence electrons. The summed E-state index contributed by atoms with van der Waals surface area (Å²) < 4.78 is 12.3. The van der Waals surface area contributed by atoms with Gasteiger partial charge in [-0.1, -0.05) is 18.2 Å². The molecule has 0 radical (unpaired) electrons. The van der Waals surface area contributed by atoms with E-state index in [1.54, 1.807) is 55.7 Å². The molecule has 1 amide bonds. The van der Waals surface area contributed by atoms with E-state index in [1.807, 2.05) is 42.5 Å². The first-order chi connectivity index (χ1) is 14.7. The maximum atomic E-state index is 13.2. The van der Waals surface area contributed by atoms with Gasteiger partial charge in [-0.2, -0.15) is 5.10 Å². The molecule has 0 aliphatic rings. The maximum Gasteiger partial charge on any atom is 0.259 e. The summed E-state index contributed by atoms with van der Waals surface area (Å²) in [7, 11) is 3.11. The highest BCUT2D eigenvalue weighted by molar-refractivity contribution is 6.08. The van der Waals surface area contributed by atoms with Crippen LogP contribution in [-0.2, 0) is 0 Å². The van der Waals surface area contributed by atoms with E-state index in [9.17, 15) is 4.79 Å². The molecule has 0 aliphatic heterocycles. The van der Waals surface area contributed by atoms with Crippen LogP contribution >= 0.6 is 0 Å². The van der Waals surface area contributed by atoms with Crippen molar-refractivity contribution in [2.75, 3.05) is 19.5 Å². The van der Waals surface area contributed by atoms with E-state index in [0.717, 1.165) is 11.3 Å². The second-order valence-corrected chi connectivity index (χ2v) is 6.44. The third-order valence-electron chi connectivity index (χ3n) is 4.56. The van der Waals surface area contributed by atoms with Gasteiger partial charge in [0.05, 0.1) is 25.5 Å². The zero-order valence-electron chi connectivity index (χ0n) is 16.6. The fourth-order valence-corrected chi connectivity index (χ4v) is 3.08. The Balaban J connectivity index is 1.72. The number of aromatic nitrogens is 3. The van der Waals surface area contributed by atoms with Gasteiger partial charge in [0.1, 0.15) is 5.69 Å². The number of benzene rings is 2. The molecule has 0 bridgehead atoms. The number of carbonyl (C=O) groups is 1. The molecular weight excluding hydrogens is 380 g/mol. The number of pyridine rings is 1. The fraction of sp³-hybridized carbons (Fsp3) is 0.0870. The van der Waals surface area contributed by atoms with Crippen molar-refractivity contribution >= 4 is 11.6 Å². The van der Waals surface area contributed by atoms with Crippen LogP contribution in [-0.4, -0.2) is 34.9 Å². The van der Waals surface area contributed by atoms with Crippen LogP contribution < -0.4 is 14.8 Å². The maximum absolute atomic E-state index is 13.2. The minimum Gasteiger partial charge on any atom is -0.493 e. The first kappa shape index (κ1) is 19.2. The highest BCUT2D eigenvalue weighted by atomic mass is 16.5. The third kappa shape index (κ3) is 3.86. The molecule has 0 saturated carbocycles. The van der Waals surface area contributed by atoms with Crippen LogP contribution in [0, 0.1) is 0 Å². The number of hydrogen-bond acceptors (Lipinski definition) is 5. The molecule has 1 N–H and O–H groups in total. The van der Waals surface area contributed by atoms with Crippen molar-refractivity contribution < 1.29 is 14.3 Å². The van der Waals surface area contributed by atoms with Crippen LogP contribution in [0.25, 0.3) is 16.9 Å². The van der Waals surface area contributed by atoms with Gasteiger partial charge < -0.3 is 14.8 Å². The fourth-order valence-electron chi connectivity index (χ4n) is 3.08. The number of amides is 1. The average Bonchev–Trinajstić information content (AvgIpc) is 3.26. The third-order valence-corrected chi connectivity index (χ3v) is 4.56. The van der Waals surface area contributed by atoms with E-state index in [-0.39, 0.29) is 5.91 Å². The molecule has 4 aromatic rings. The predicted octanol–water partition coefficient (Wildman–Crippen LogP) is 4.20. The molecule has 0 fully saturated rings. The summed E-state index contributed by atoms with van der Waals surface area (Å²) in [6, 6.07) is 18.5. The largest absolute Gasteiger partial charge is 0.493 e. The number of nitrogens with zero attached hydrogens (tertiary/aromatic N) is 3. The number of nitrogens with one attached hydrogen (secondary N) is 1. The molecule has 0 saturated heterocycles. The summed E-state index contributed by atoms with van der Waals surface area (Å²) in [6.07, 6.45) is 5.08. The summed E-state index contributed by atoms with van der Waals surface area (Å²) in [6.45, 7) is 0. The van der Waals surface area contributed by atoms with Gasteiger partial charge in [-0.3, -0.25) is 9.78 Å². The van der Waals surface area contributed by atoms with Gasteiger partial charge in [-0.25, -0.2) is 4.68 Å². The van der Waals surface area contributed by atoms with Crippen LogP contribution in [0.2, 0.25) is 0 Å². The average molecular weight is 400 g/mol. The predicted molar refractivity (Wildman–Crippen MR) is 114 cm³/mol.